The van der Waals surface area contributed by atoms with Crippen molar-refractivity contribution in [2.75, 3.05) is 13.1 Å². The zero-order valence-corrected chi connectivity index (χ0v) is 10.8. The minimum absolute atomic E-state index is 0.262. The number of rotatable bonds is 6. The number of carbonyl (C=O) groups is 1. The van der Waals surface area contributed by atoms with E-state index >= 15 is 0 Å². The van der Waals surface area contributed by atoms with Gasteiger partial charge in [-0.3, -0.25) is 0 Å². The second kappa shape index (κ2) is 6.86. The minimum atomic E-state index is -0.623. The molecule has 0 spiro atoms. The zero-order chi connectivity index (χ0) is 13.5. The predicted molar refractivity (Wildman–Crippen MR) is 69.4 cm³/mol. The van der Waals surface area contributed by atoms with Gasteiger partial charge in [0.15, 0.2) is 0 Å². The first-order valence-electron chi connectivity index (χ1n) is 5.92. The molecule has 1 unspecified atom stereocenters. The molecule has 0 bridgehead atoms. The van der Waals surface area contributed by atoms with Crippen LogP contribution in [0.3, 0.4) is 0 Å². The van der Waals surface area contributed by atoms with Gasteiger partial charge in [0.1, 0.15) is 11.5 Å². The molecule has 0 radical (unpaired) electrons. The number of urea groups is 1. The summed E-state index contributed by atoms with van der Waals surface area (Å²) < 4.78 is 5.35. The Labute approximate surface area is 107 Å². The Kier molecular flexibility index (Phi) is 5.45. The molecular formula is C13H20N2O3. The summed E-state index contributed by atoms with van der Waals surface area (Å²) in [5.41, 5.74) is 0.779. The number of carbonyl (C=O) groups excluding carboxylic acids is 1. The summed E-state index contributed by atoms with van der Waals surface area (Å²) in [5, 5.41) is 15.2. The van der Waals surface area contributed by atoms with Crippen LogP contribution in [0, 0.1) is 13.8 Å². The molecule has 1 atom stereocenters. The molecule has 0 aliphatic heterocycles. The Balaban J connectivity index is 2.33. The lowest BCUT2D eigenvalue weighted by Gasteiger charge is -2.10. The van der Waals surface area contributed by atoms with Crippen LogP contribution in [-0.2, 0) is 0 Å². The van der Waals surface area contributed by atoms with Crippen LogP contribution in [0.5, 0.6) is 0 Å². The summed E-state index contributed by atoms with van der Waals surface area (Å²) in [6.07, 6.45) is 1.43. The number of aryl methyl sites for hydroxylation is 2. The number of aliphatic hydroxyl groups is 1. The SMILES string of the molecule is C=CCNC(=O)NCCC(O)c1cc(C)oc1C. The highest BCUT2D eigenvalue weighted by Gasteiger charge is 2.14. The molecule has 100 valence electrons. The summed E-state index contributed by atoms with van der Waals surface area (Å²) in [6, 6.07) is 1.56. The van der Waals surface area contributed by atoms with Gasteiger partial charge in [0.2, 0.25) is 0 Å². The van der Waals surface area contributed by atoms with Gasteiger partial charge in [0.05, 0.1) is 6.10 Å². The normalized spacial score (nSPS) is 11.9. The summed E-state index contributed by atoms with van der Waals surface area (Å²) in [6.45, 7) is 7.97. The molecule has 1 aromatic rings. The Morgan fingerprint density at radius 2 is 2.28 bits per heavy atom. The summed E-state index contributed by atoms with van der Waals surface area (Å²) in [7, 11) is 0. The molecule has 0 saturated carbocycles. The quantitative estimate of drug-likeness (QED) is 0.676. The van der Waals surface area contributed by atoms with Gasteiger partial charge in [0.25, 0.3) is 0 Å². The lowest BCUT2D eigenvalue weighted by molar-refractivity contribution is 0.165. The average Bonchev–Trinajstić information content (AvgIpc) is 2.65. The Hall–Kier alpha value is -1.75. The van der Waals surface area contributed by atoms with Gasteiger partial charge in [-0.05, 0) is 26.3 Å². The fraction of sp³-hybridized carbons (Fsp3) is 0.462. The fourth-order valence-electron chi connectivity index (χ4n) is 1.69. The van der Waals surface area contributed by atoms with Gasteiger partial charge in [0, 0.05) is 18.7 Å². The van der Waals surface area contributed by atoms with E-state index in [2.05, 4.69) is 17.2 Å². The Morgan fingerprint density at radius 3 is 2.83 bits per heavy atom. The van der Waals surface area contributed by atoms with Crippen LogP contribution in [0.15, 0.2) is 23.1 Å². The number of aliphatic hydroxyl groups excluding tert-OH is 1. The van der Waals surface area contributed by atoms with Crippen molar-refractivity contribution < 1.29 is 14.3 Å². The number of amides is 2. The summed E-state index contributed by atoms with van der Waals surface area (Å²) in [5.74, 6) is 1.49. The number of hydrogen-bond donors (Lipinski definition) is 3. The van der Waals surface area contributed by atoms with E-state index in [-0.39, 0.29) is 6.03 Å². The molecule has 1 aromatic heterocycles. The van der Waals surface area contributed by atoms with Crippen molar-refractivity contribution in [2.45, 2.75) is 26.4 Å². The van der Waals surface area contributed by atoms with Gasteiger partial charge < -0.3 is 20.2 Å². The van der Waals surface area contributed by atoms with Crippen molar-refractivity contribution in [3.05, 3.63) is 35.8 Å². The minimum Gasteiger partial charge on any atom is -0.466 e. The highest BCUT2D eigenvalue weighted by Crippen LogP contribution is 2.23. The molecule has 0 aliphatic carbocycles. The van der Waals surface area contributed by atoms with Crippen molar-refractivity contribution in [1.29, 1.82) is 0 Å². The third-order valence-corrected chi connectivity index (χ3v) is 2.55. The van der Waals surface area contributed by atoms with Gasteiger partial charge >= 0.3 is 6.03 Å². The highest BCUT2D eigenvalue weighted by atomic mass is 16.3. The topological polar surface area (TPSA) is 74.5 Å². The maximum absolute atomic E-state index is 11.2. The molecule has 1 rings (SSSR count). The highest BCUT2D eigenvalue weighted by molar-refractivity contribution is 5.73. The third-order valence-electron chi connectivity index (χ3n) is 2.55. The monoisotopic (exact) mass is 252 g/mol. The van der Waals surface area contributed by atoms with Crippen LogP contribution >= 0.6 is 0 Å². The molecule has 0 aliphatic rings. The molecular weight excluding hydrogens is 232 g/mol. The molecule has 18 heavy (non-hydrogen) atoms. The first-order valence-corrected chi connectivity index (χ1v) is 5.92. The average molecular weight is 252 g/mol. The molecule has 0 aromatic carbocycles. The van der Waals surface area contributed by atoms with E-state index in [1.165, 1.54) is 0 Å². The second-order valence-electron chi connectivity index (χ2n) is 4.10. The van der Waals surface area contributed by atoms with Gasteiger partial charge in [-0.1, -0.05) is 6.08 Å². The van der Waals surface area contributed by atoms with Gasteiger partial charge in [-0.2, -0.15) is 0 Å². The van der Waals surface area contributed by atoms with Crippen molar-refractivity contribution in [1.82, 2.24) is 10.6 Å². The van der Waals surface area contributed by atoms with E-state index in [1.807, 2.05) is 19.9 Å². The number of hydrogen-bond acceptors (Lipinski definition) is 3. The summed E-state index contributed by atoms with van der Waals surface area (Å²) in [4.78, 5) is 11.2. The fourth-order valence-corrected chi connectivity index (χ4v) is 1.69. The molecule has 0 fully saturated rings. The van der Waals surface area contributed by atoms with Crippen molar-refractivity contribution in [3.63, 3.8) is 0 Å². The van der Waals surface area contributed by atoms with E-state index in [0.717, 1.165) is 17.1 Å². The van der Waals surface area contributed by atoms with Crippen molar-refractivity contribution >= 4 is 6.03 Å². The smallest absolute Gasteiger partial charge is 0.315 e. The van der Waals surface area contributed by atoms with Crippen LogP contribution in [0.25, 0.3) is 0 Å². The Bertz CT molecular complexity index is 412. The lowest BCUT2D eigenvalue weighted by Crippen LogP contribution is -2.36. The van der Waals surface area contributed by atoms with Crippen LogP contribution in [0.2, 0.25) is 0 Å². The van der Waals surface area contributed by atoms with Crippen molar-refractivity contribution in [3.8, 4) is 0 Å². The number of furan rings is 1. The third kappa shape index (κ3) is 4.25. The van der Waals surface area contributed by atoms with E-state index < -0.39 is 6.10 Å². The lowest BCUT2D eigenvalue weighted by atomic mass is 10.1. The molecule has 1 heterocycles. The number of nitrogens with one attached hydrogen (secondary N) is 2. The van der Waals surface area contributed by atoms with Crippen LogP contribution in [0.4, 0.5) is 4.79 Å². The molecule has 5 heteroatoms. The van der Waals surface area contributed by atoms with E-state index in [4.69, 9.17) is 4.42 Å². The standard InChI is InChI=1S/C13H20N2O3/c1-4-6-14-13(17)15-7-5-12(16)11-8-9(2)18-10(11)3/h4,8,12,16H,1,5-7H2,2-3H3,(H2,14,15,17). The van der Waals surface area contributed by atoms with Crippen molar-refractivity contribution in [2.24, 2.45) is 0 Å². The van der Waals surface area contributed by atoms with E-state index in [9.17, 15) is 9.90 Å². The molecule has 5 nitrogen and oxygen atoms in total. The zero-order valence-electron chi connectivity index (χ0n) is 10.8. The maximum atomic E-state index is 11.2. The largest absolute Gasteiger partial charge is 0.466 e. The van der Waals surface area contributed by atoms with E-state index in [1.54, 1.807) is 6.08 Å². The Morgan fingerprint density at radius 1 is 1.56 bits per heavy atom. The van der Waals surface area contributed by atoms with Gasteiger partial charge in [-0.15, -0.1) is 6.58 Å². The molecule has 0 saturated heterocycles. The van der Waals surface area contributed by atoms with Crippen LogP contribution in [0.1, 0.15) is 29.6 Å². The van der Waals surface area contributed by atoms with Crippen LogP contribution < -0.4 is 10.6 Å². The second-order valence-corrected chi connectivity index (χ2v) is 4.10. The first-order chi connectivity index (χ1) is 8.54. The van der Waals surface area contributed by atoms with Crippen LogP contribution in [-0.4, -0.2) is 24.2 Å². The summed E-state index contributed by atoms with van der Waals surface area (Å²) >= 11 is 0. The van der Waals surface area contributed by atoms with E-state index in [0.29, 0.717) is 19.5 Å². The predicted octanol–water partition coefficient (Wildman–Crippen LogP) is 1.81. The molecule has 3 N–H and O–H groups in total. The maximum Gasteiger partial charge on any atom is 0.315 e. The molecule has 2 amide bonds. The first kappa shape index (κ1) is 14.3. The van der Waals surface area contributed by atoms with Gasteiger partial charge in [-0.25, -0.2) is 4.79 Å².